The predicted octanol–water partition coefficient (Wildman–Crippen LogP) is 2.07. The maximum atomic E-state index is 10.1. The van der Waals surface area contributed by atoms with Gasteiger partial charge in [-0.05, 0) is 31.0 Å². The van der Waals surface area contributed by atoms with Crippen molar-refractivity contribution < 1.29 is 5.11 Å². The molecule has 1 saturated heterocycles. The van der Waals surface area contributed by atoms with Gasteiger partial charge in [-0.1, -0.05) is 12.1 Å². The van der Waals surface area contributed by atoms with E-state index in [4.69, 9.17) is 4.99 Å². The number of piperazine rings is 1. The monoisotopic (exact) mass is 484 g/mol. The normalized spacial score (nSPS) is 14.8. The number of aryl methyl sites for hydroxylation is 1. The lowest BCUT2D eigenvalue weighted by atomic mass is 10.2. The molecule has 1 aliphatic heterocycles. The summed E-state index contributed by atoms with van der Waals surface area (Å²) >= 11 is 0. The van der Waals surface area contributed by atoms with Gasteiger partial charge >= 0.3 is 0 Å². The van der Waals surface area contributed by atoms with Crippen LogP contribution in [0.25, 0.3) is 0 Å². The van der Waals surface area contributed by atoms with Gasteiger partial charge in [0, 0.05) is 52.5 Å². The van der Waals surface area contributed by atoms with E-state index in [-0.39, 0.29) is 24.0 Å². The van der Waals surface area contributed by atoms with Crippen LogP contribution in [0.4, 0.5) is 5.69 Å². The van der Waals surface area contributed by atoms with Crippen molar-refractivity contribution in [1.82, 2.24) is 20.0 Å². The number of nitrogens with zero attached hydrogens (tertiary/aromatic N) is 5. The van der Waals surface area contributed by atoms with Crippen LogP contribution in [0.1, 0.15) is 12.5 Å². The third-order valence-electron chi connectivity index (χ3n) is 4.56. The Hall–Kier alpha value is -1.97. The van der Waals surface area contributed by atoms with Gasteiger partial charge in [-0.3, -0.25) is 9.67 Å². The number of para-hydroxylation sites is 2. The lowest BCUT2D eigenvalue weighted by molar-refractivity contribution is 0.370. The molecule has 2 N–H and O–H groups in total. The Bertz CT molecular complexity index is 739. The van der Waals surface area contributed by atoms with E-state index in [0.29, 0.717) is 5.75 Å². The zero-order valence-corrected chi connectivity index (χ0v) is 18.3. The standard InChI is InChI=1S/C19H28N6O.HI/c1-3-20-19(21-9-8-16-14-22-23(2)15-16)25-12-10-24(11-13-25)17-6-4-5-7-18(17)26;/h4-7,14-15,26H,3,8-13H2,1-2H3,(H,20,21);1H. The van der Waals surface area contributed by atoms with Crippen molar-refractivity contribution in [1.29, 1.82) is 0 Å². The molecule has 7 nitrogen and oxygen atoms in total. The lowest BCUT2D eigenvalue weighted by Crippen LogP contribution is -2.52. The molecule has 0 aliphatic carbocycles. The fourth-order valence-corrected chi connectivity index (χ4v) is 3.21. The van der Waals surface area contributed by atoms with E-state index in [2.05, 4.69) is 27.1 Å². The third kappa shape index (κ3) is 5.75. The Morgan fingerprint density at radius 2 is 1.96 bits per heavy atom. The van der Waals surface area contributed by atoms with Crippen LogP contribution in [0.3, 0.4) is 0 Å². The summed E-state index contributed by atoms with van der Waals surface area (Å²) < 4.78 is 1.82. The highest BCUT2D eigenvalue weighted by molar-refractivity contribution is 14.0. The molecular formula is C19H29IN6O. The summed E-state index contributed by atoms with van der Waals surface area (Å²) in [6, 6.07) is 7.53. The zero-order valence-electron chi connectivity index (χ0n) is 16.0. The van der Waals surface area contributed by atoms with E-state index >= 15 is 0 Å². The molecule has 0 radical (unpaired) electrons. The van der Waals surface area contributed by atoms with Gasteiger partial charge in [0.05, 0.1) is 11.9 Å². The molecule has 27 heavy (non-hydrogen) atoms. The zero-order chi connectivity index (χ0) is 18.4. The molecule has 0 bridgehead atoms. The second kappa shape index (κ2) is 10.4. The number of halogens is 1. The van der Waals surface area contributed by atoms with Gasteiger partial charge in [0.1, 0.15) is 5.75 Å². The second-order valence-corrected chi connectivity index (χ2v) is 6.47. The molecule has 0 unspecified atom stereocenters. The number of aliphatic imine (C=N–C) groups is 1. The summed E-state index contributed by atoms with van der Waals surface area (Å²) in [4.78, 5) is 9.31. The first-order chi connectivity index (χ1) is 12.7. The summed E-state index contributed by atoms with van der Waals surface area (Å²) in [5, 5.41) is 17.6. The first-order valence-electron chi connectivity index (χ1n) is 9.21. The van der Waals surface area contributed by atoms with Crippen LogP contribution < -0.4 is 10.2 Å². The number of rotatable bonds is 5. The van der Waals surface area contributed by atoms with E-state index in [1.165, 1.54) is 5.56 Å². The second-order valence-electron chi connectivity index (χ2n) is 6.47. The van der Waals surface area contributed by atoms with Gasteiger partial charge in [0.15, 0.2) is 5.96 Å². The average molecular weight is 484 g/mol. The Morgan fingerprint density at radius 1 is 1.22 bits per heavy atom. The molecule has 8 heteroatoms. The first kappa shape index (κ1) is 21.3. The molecule has 1 aromatic carbocycles. The molecule has 1 aliphatic rings. The van der Waals surface area contributed by atoms with Gasteiger partial charge < -0.3 is 20.2 Å². The number of hydrogen-bond acceptors (Lipinski definition) is 4. The van der Waals surface area contributed by atoms with Crippen molar-refractivity contribution in [2.75, 3.05) is 44.2 Å². The molecule has 0 amide bonds. The topological polar surface area (TPSA) is 68.9 Å². The molecule has 0 atom stereocenters. The minimum Gasteiger partial charge on any atom is -0.506 e. The van der Waals surface area contributed by atoms with Crippen molar-refractivity contribution in [2.24, 2.45) is 12.0 Å². The number of aromatic hydroxyl groups is 1. The Labute approximate surface area is 178 Å². The highest BCUT2D eigenvalue weighted by Crippen LogP contribution is 2.27. The number of benzene rings is 1. The number of phenolic OH excluding ortho intramolecular Hbond substituents is 1. The summed E-state index contributed by atoms with van der Waals surface area (Å²) in [7, 11) is 1.93. The smallest absolute Gasteiger partial charge is 0.194 e. The molecule has 148 valence electrons. The van der Waals surface area contributed by atoms with Crippen molar-refractivity contribution in [3.8, 4) is 5.75 Å². The fourth-order valence-electron chi connectivity index (χ4n) is 3.21. The SMILES string of the molecule is CCNC(=NCCc1cnn(C)c1)N1CCN(c2ccccc2O)CC1.I. The Kier molecular flexibility index (Phi) is 8.21. The highest BCUT2D eigenvalue weighted by Gasteiger charge is 2.21. The molecule has 2 aromatic rings. The maximum Gasteiger partial charge on any atom is 0.194 e. The minimum atomic E-state index is 0. The summed E-state index contributed by atoms with van der Waals surface area (Å²) in [6.07, 6.45) is 4.82. The van der Waals surface area contributed by atoms with Crippen LogP contribution in [0.5, 0.6) is 5.75 Å². The number of anilines is 1. The van der Waals surface area contributed by atoms with E-state index < -0.39 is 0 Å². The highest BCUT2D eigenvalue weighted by atomic mass is 127. The van der Waals surface area contributed by atoms with Crippen LogP contribution >= 0.6 is 24.0 Å². The predicted molar refractivity (Wildman–Crippen MR) is 120 cm³/mol. The maximum absolute atomic E-state index is 10.1. The van der Waals surface area contributed by atoms with Crippen molar-refractivity contribution in [2.45, 2.75) is 13.3 Å². The summed E-state index contributed by atoms with van der Waals surface area (Å²) in [6.45, 7) is 7.18. The molecule has 1 aromatic heterocycles. The van der Waals surface area contributed by atoms with Crippen LogP contribution in [0.15, 0.2) is 41.7 Å². The van der Waals surface area contributed by atoms with E-state index in [1.54, 1.807) is 6.07 Å². The van der Waals surface area contributed by atoms with E-state index in [0.717, 1.165) is 57.3 Å². The summed E-state index contributed by atoms with van der Waals surface area (Å²) in [5.41, 5.74) is 2.11. The summed E-state index contributed by atoms with van der Waals surface area (Å²) in [5.74, 6) is 1.31. The van der Waals surface area contributed by atoms with Gasteiger partial charge in [-0.15, -0.1) is 24.0 Å². The third-order valence-corrected chi connectivity index (χ3v) is 4.56. The van der Waals surface area contributed by atoms with Gasteiger partial charge in [0.2, 0.25) is 0 Å². The Morgan fingerprint density at radius 3 is 2.59 bits per heavy atom. The molecule has 2 heterocycles. The van der Waals surface area contributed by atoms with Crippen LogP contribution in [0.2, 0.25) is 0 Å². The minimum absolute atomic E-state index is 0. The number of phenols is 1. The van der Waals surface area contributed by atoms with Crippen LogP contribution in [0, 0.1) is 0 Å². The van der Waals surface area contributed by atoms with Crippen molar-refractivity contribution in [3.05, 3.63) is 42.2 Å². The average Bonchev–Trinajstić information content (AvgIpc) is 3.07. The molecule has 0 saturated carbocycles. The van der Waals surface area contributed by atoms with Crippen LogP contribution in [-0.2, 0) is 13.5 Å². The molecule has 0 spiro atoms. The van der Waals surface area contributed by atoms with E-state index in [9.17, 15) is 5.11 Å². The van der Waals surface area contributed by atoms with Crippen LogP contribution in [-0.4, -0.2) is 65.0 Å². The van der Waals surface area contributed by atoms with Gasteiger partial charge in [0.25, 0.3) is 0 Å². The van der Waals surface area contributed by atoms with Crippen molar-refractivity contribution in [3.63, 3.8) is 0 Å². The number of aromatic nitrogens is 2. The number of nitrogens with one attached hydrogen (secondary N) is 1. The van der Waals surface area contributed by atoms with Gasteiger partial charge in [-0.2, -0.15) is 5.10 Å². The Balaban J connectivity index is 0.00000261. The van der Waals surface area contributed by atoms with E-state index in [1.807, 2.05) is 42.3 Å². The number of hydrogen-bond donors (Lipinski definition) is 2. The molecule has 3 rings (SSSR count). The molecule has 1 fully saturated rings. The molecular weight excluding hydrogens is 455 g/mol. The largest absolute Gasteiger partial charge is 0.506 e. The van der Waals surface area contributed by atoms with Gasteiger partial charge in [-0.25, -0.2) is 0 Å². The quantitative estimate of drug-likeness (QED) is 0.387. The first-order valence-corrected chi connectivity index (χ1v) is 9.21. The fraction of sp³-hybridized carbons (Fsp3) is 0.474. The lowest BCUT2D eigenvalue weighted by Gasteiger charge is -2.37. The van der Waals surface area contributed by atoms with Crippen molar-refractivity contribution >= 4 is 35.6 Å². The number of guanidine groups is 1.